The van der Waals surface area contributed by atoms with Gasteiger partial charge >= 0.3 is 0 Å². The van der Waals surface area contributed by atoms with Gasteiger partial charge < -0.3 is 4.74 Å². The SMILES string of the molecule is COc1ccc(C(Br)C(C)(C)S(C)(=O)=O)c(Cl)c1. The lowest BCUT2D eigenvalue weighted by molar-refractivity contribution is 0.414. The van der Waals surface area contributed by atoms with Crippen molar-refractivity contribution < 1.29 is 13.2 Å². The van der Waals surface area contributed by atoms with E-state index in [-0.39, 0.29) is 0 Å². The molecule has 0 aromatic heterocycles. The van der Waals surface area contributed by atoms with E-state index in [4.69, 9.17) is 16.3 Å². The van der Waals surface area contributed by atoms with E-state index in [1.807, 2.05) is 0 Å². The topological polar surface area (TPSA) is 43.4 Å². The Bertz CT molecular complexity index is 540. The second-order valence-corrected chi connectivity index (χ2v) is 8.55. The van der Waals surface area contributed by atoms with Crippen molar-refractivity contribution in [3.63, 3.8) is 0 Å². The quantitative estimate of drug-likeness (QED) is 0.775. The van der Waals surface area contributed by atoms with Gasteiger partial charge in [0, 0.05) is 11.3 Å². The Balaban J connectivity index is 3.24. The molecule has 1 unspecified atom stereocenters. The third-order valence-corrected chi connectivity index (χ3v) is 7.46. The Labute approximate surface area is 122 Å². The fourth-order valence-electron chi connectivity index (χ4n) is 1.40. The van der Waals surface area contributed by atoms with Gasteiger partial charge in [-0.25, -0.2) is 8.42 Å². The van der Waals surface area contributed by atoms with Gasteiger partial charge in [-0.05, 0) is 31.5 Å². The zero-order valence-electron chi connectivity index (χ0n) is 10.7. The van der Waals surface area contributed by atoms with E-state index < -0.39 is 19.4 Å². The number of alkyl halides is 1. The molecule has 6 heteroatoms. The minimum atomic E-state index is -3.22. The molecule has 0 spiro atoms. The summed E-state index contributed by atoms with van der Waals surface area (Å²) in [6.07, 6.45) is 1.22. The van der Waals surface area contributed by atoms with E-state index in [9.17, 15) is 8.42 Å². The molecule has 1 aromatic rings. The lowest BCUT2D eigenvalue weighted by Crippen LogP contribution is -2.35. The highest BCUT2D eigenvalue weighted by Crippen LogP contribution is 2.42. The number of hydrogen-bond acceptors (Lipinski definition) is 3. The fourth-order valence-corrected chi connectivity index (χ4v) is 3.73. The molecule has 1 rings (SSSR count). The second kappa shape index (κ2) is 5.39. The van der Waals surface area contributed by atoms with E-state index in [0.717, 1.165) is 5.56 Å². The molecular formula is C12H16BrClO3S. The Hall–Kier alpha value is -0.260. The minimum absolute atomic E-state index is 0.390. The molecule has 0 aliphatic rings. The van der Waals surface area contributed by atoms with Gasteiger partial charge in [0.05, 0.1) is 16.7 Å². The third kappa shape index (κ3) is 3.00. The van der Waals surface area contributed by atoms with Gasteiger partial charge in [0.2, 0.25) is 0 Å². The smallest absolute Gasteiger partial charge is 0.154 e. The number of hydrogen-bond donors (Lipinski definition) is 0. The number of methoxy groups -OCH3 is 1. The van der Waals surface area contributed by atoms with Crippen LogP contribution in [0.1, 0.15) is 24.2 Å². The van der Waals surface area contributed by atoms with Crippen molar-refractivity contribution in [1.29, 1.82) is 0 Å². The van der Waals surface area contributed by atoms with Crippen molar-refractivity contribution in [3.05, 3.63) is 28.8 Å². The van der Waals surface area contributed by atoms with Crippen LogP contribution in [0.5, 0.6) is 5.75 Å². The molecule has 0 amide bonds. The highest BCUT2D eigenvalue weighted by atomic mass is 79.9. The molecule has 0 saturated heterocycles. The van der Waals surface area contributed by atoms with Crippen molar-refractivity contribution in [2.75, 3.05) is 13.4 Å². The summed E-state index contributed by atoms with van der Waals surface area (Å²) < 4.78 is 27.7. The molecule has 0 aliphatic heterocycles. The van der Waals surface area contributed by atoms with E-state index in [1.54, 1.807) is 39.2 Å². The van der Waals surface area contributed by atoms with Gasteiger partial charge in [-0.15, -0.1) is 0 Å². The van der Waals surface area contributed by atoms with Crippen LogP contribution in [0.15, 0.2) is 18.2 Å². The number of ether oxygens (including phenoxy) is 1. The van der Waals surface area contributed by atoms with Crippen LogP contribution >= 0.6 is 27.5 Å². The van der Waals surface area contributed by atoms with Crippen LogP contribution in [0.25, 0.3) is 0 Å². The lowest BCUT2D eigenvalue weighted by atomic mass is 10.0. The van der Waals surface area contributed by atoms with Crippen LogP contribution in [-0.4, -0.2) is 26.5 Å². The summed E-state index contributed by atoms with van der Waals surface area (Å²) >= 11 is 9.59. The number of benzene rings is 1. The molecule has 0 bridgehead atoms. The predicted molar refractivity (Wildman–Crippen MR) is 78.6 cm³/mol. The number of sulfone groups is 1. The summed E-state index contributed by atoms with van der Waals surface area (Å²) in [6, 6.07) is 5.20. The zero-order chi connectivity index (χ0) is 14.1. The van der Waals surface area contributed by atoms with Crippen LogP contribution in [0.3, 0.4) is 0 Å². The normalized spacial score (nSPS) is 14.3. The average molecular weight is 356 g/mol. The maximum Gasteiger partial charge on any atom is 0.154 e. The van der Waals surface area contributed by atoms with E-state index in [1.165, 1.54) is 6.26 Å². The van der Waals surface area contributed by atoms with Crippen molar-refractivity contribution in [3.8, 4) is 5.75 Å². The first kappa shape index (κ1) is 15.8. The van der Waals surface area contributed by atoms with E-state index >= 15 is 0 Å². The number of halogens is 2. The lowest BCUT2D eigenvalue weighted by Gasteiger charge is -2.29. The standard InChI is InChI=1S/C12H16BrClO3S/c1-12(2,18(4,15)16)11(13)9-6-5-8(17-3)7-10(9)14/h5-7,11H,1-4H3. The molecule has 0 radical (unpaired) electrons. The average Bonchev–Trinajstić information content (AvgIpc) is 2.26. The molecule has 1 atom stereocenters. The van der Waals surface area contributed by atoms with Crippen LogP contribution in [0.4, 0.5) is 0 Å². The molecular weight excluding hydrogens is 340 g/mol. The molecule has 102 valence electrons. The Morgan fingerprint density at radius 2 is 1.94 bits per heavy atom. The minimum Gasteiger partial charge on any atom is -0.497 e. The highest BCUT2D eigenvalue weighted by molar-refractivity contribution is 9.09. The van der Waals surface area contributed by atoms with Crippen molar-refractivity contribution in [2.45, 2.75) is 23.4 Å². The Morgan fingerprint density at radius 1 is 1.39 bits per heavy atom. The zero-order valence-corrected chi connectivity index (χ0v) is 13.9. The molecule has 1 aromatic carbocycles. The first-order valence-corrected chi connectivity index (χ1v) is 8.47. The van der Waals surface area contributed by atoms with Crippen LogP contribution < -0.4 is 4.74 Å². The summed E-state index contributed by atoms with van der Waals surface area (Å²) in [5, 5.41) is 0.480. The fraction of sp³-hybridized carbons (Fsp3) is 0.500. The summed E-state index contributed by atoms with van der Waals surface area (Å²) in [7, 11) is -1.67. The first-order chi connectivity index (χ1) is 8.11. The predicted octanol–water partition coefficient (Wildman–Crippen LogP) is 3.61. The Morgan fingerprint density at radius 3 is 2.33 bits per heavy atom. The van der Waals surface area contributed by atoms with Crippen molar-refractivity contribution in [2.24, 2.45) is 0 Å². The number of rotatable bonds is 4. The van der Waals surface area contributed by atoms with Gasteiger partial charge in [-0.1, -0.05) is 33.6 Å². The van der Waals surface area contributed by atoms with Crippen LogP contribution in [0, 0.1) is 0 Å². The van der Waals surface area contributed by atoms with Gasteiger partial charge in [0.25, 0.3) is 0 Å². The monoisotopic (exact) mass is 354 g/mol. The summed E-state index contributed by atoms with van der Waals surface area (Å²) in [5.41, 5.74) is 0.730. The summed E-state index contributed by atoms with van der Waals surface area (Å²) in [5.74, 6) is 0.639. The van der Waals surface area contributed by atoms with Gasteiger partial charge in [-0.2, -0.15) is 0 Å². The molecule has 0 N–H and O–H groups in total. The van der Waals surface area contributed by atoms with Crippen LogP contribution in [0.2, 0.25) is 5.02 Å². The molecule has 0 heterocycles. The summed E-state index contributed by atoms with van der Waals surface area (Å²) in [4.78, 5) is -0.390. The van der Waals surface area contributed by atoms with Gasteiger partial charge in [-0.3, -0.25) is 0 Å². The molecule has 0 aliphatic carbocycles. The Kier molecular flexibility index (Phi) is 4.73. The molecule has 18 heavy (non-hydrogen) atoms. The summed E-state index contributed by atoms with van der Waals surface area (Å²) in [6.45, 7) is 3.34. The third-order valence-electron chi connectivity index (χ3n) is 3.05. The van der Waals surface area contributed by atoms with Crippen molar-refractivity contribution in [1.82, 2.24) is 0 Å². The van der Waals surface area contributed by atoms with Crippen LogP contribution in [-0.2, 0) is 9.84 Å². The maximum absolute atomic E-state index is 11.8. The first-order valence-electron chi connectivity index (χ1n) is 5.28. The highest BCUT2D eigenvalue weighted by Gasteiger charge is 2.39. The molecule has 0 saturated carbocycles. The van der Waals surface area contributed by atoms with Gasteiger partial charge in [0.15, 0.2) is 9.84 Å². The van der Waals surface area contributed by atoms with Crippen molar-refractivity contribution >= 4 is 37.4 Å². The van der Waals surface area contributed by atoms with E-state index in [2.05, 4.69) is 15.9 Å². The maximum atomic E-state index is 11.8. The van der Waals surface area contributed by atoms with E-state index in [0.29, 0.717) is 10.8 Å². The largest absolute Gasteiger partial charge is 0.497 e. The molecule has 3 nitrogen and oxygen atoms in total. The van der Waals surface area contributed by atoms with Gasteiger partial charge in [0.1, 0.15) is 5.75 Å². The molecule has 0 fully saturated rings. The second-order valence-electron chi connectivity index (χ2n) is 4.63.